The van der Waals surface area contributed by atoms with Crippen LogP contribution in [0.15, 0.2) is 10.6 Å². The molecule has 1 saturated heterocycles. The second-order valence-corrected chi connectivity index (χ2v) is 7.26. The summed E-state index contributed by atoms with van der Waals surface area (Å²) in [6.45, 7) is 7.12. The lowest BCUT2D eigenvalue weighted by molar-refractivity contribution is -0.139. The van der Waals surface area contributed by atoms with Crippen molar-refractivity contribution in [3.63, 3.8) is 0 Å². The van der Waals surface area contributed by atoms with Gasteiger partial charge < -0.3 is 14.7 Å². The van der Waals surface area contributed by atoms with E-state index in [0.717, 1.165) is 56.8 Å². The molecule has 0 unspecified atom stereocenters. The van der Waals surface area contributed by atoms with Gasteiger partial charge in [0, 0.05) is 39.2 Å². The van der Waals surface area contributed by atoms with E-state index < -0.39 is 0 Å². The quantitative estimate of drug-likeness (QED) is 0.868. The molecular weight excluding hydrogens is 320 g/mol. The Kier molecular flexibility index (Phi) is 5.73. The molecule has 1 N–H and O–H groups in total. The molecule has 7 nitrogen and oxygen atoms in total. The number of piperazine rings is 1. The zero-order valence-electron chi connectivity index (χ0n) is 15.2. The number of carbonyl (C=O) groups excluding carboxylic acids is 2. The molecule has 1 saturated carbocycles. The molecule has 2 amide bonds. The van der Waals surface area contributed by atoms with Gasteiger partial charge in [0.15, 0.2) is 5.76 Å². The van der Waals surface area contributed by atoms with E-state index in [-0.39, 0.29) is 23.8 Å². The van der Waals surface area contributed by atoms with E-state index in [2.05, 4.69) is 15.4 Å². The largest absolute Gasteiger partial charge is 0.360 e. The van der Waals surface area contributed by atoms with Crippen molar-refractivity contribution in [2.24, 2.45) is 5.92 Å². The second-order valence-electron chi connectivity index (χ2n) is 7.26. The molecule has 1 atom stereocenters. The third kappa shape index (κ3) is 4.60. The van der Waals surface area contributed by atoms with Crippen molar-refractivity contribution in [3.05, 3.63) is 17.5 Å². The summed E-state index contributed by atoms with van der Waals surface area (Å²) in [5, 5.41) is 6.82. The van der Waals surface area contributed by atoms with Crippen molar-refractivity contribution in [2.75, 3.05) is 26.2 Å². The maximum Gasteiger partial charge on any atom is 0.245 e. The highest BCUT2D eigenvalue weighted by Crippen LogP contribution is 2.29. The first-order valence-electron chi connectivity index (χ1n) is 9.23. The first-order chi connectivity index (χ1) is 12.0. The van der Waals surface area contributed by atoms with E-state index >= 15 is 0 Å². The van der Waals surface area contributed by atoms with Crippen molar-refractivity contribution in [1.29, 1.82) is 0 Å². The van der Waals surface area contributed by atoms with E-state index in [4.69, 9.17) is 4.52 Å². The summed E-state index contributed by atoms with van der Waals surface area (Å²) in [5.41, 5.74) is 0.888. The van der Waals surface area contributed by atoms with Gasteiger partial charge in [0.2, 0.25) is 11.8 Å². The molecule has 1 aliphatic carbocycles. The second kappa shape index (κ2) is 7.99. The van der Waals surface area contributed by atoms with Gasteiger partial charge in [-0.05, 0) is 25.7 Å². The van der Waals surface area contributed by atoms with Gasteiger partial charge in [-0.15, -0.1) is 0 Å². The van der Waals surface area contributed by atoms with Crippen molar-refractivity contribution in [1.82, 2.24) is 20.3 Å². The maximum absolute atomic E-state index is 13.0. The van der Waals surface area contributed by atoms with Crippen LogP contribution in [0, 0.1) is 12.8 Å². The third-order valence-electron chi connectivity index (χ3n) is 5.24. The molecule has 2 aliphatic rings. The number of hydrogen-bond donors (Lipinski definition) is 1. The SMILES string of the molecule is CC(=O)N[C@H](C(=O)N1CCN(Cc2cc(C)no2)CC1)C1CCCC1. The lowest BCUT2D eigenvalue weighted by Gasteiger charge is -2.37. The van der Waals surface area contributed by atoms with E-state index in [0.29, 0.717) is 13.1 Å². The van der Waals surface area contributed by atoms with Crippen LogP contribution in [-0.2, 0) is 16.1 Å². The van der Waals surface area contributed by atoms with Crippen LogP contribution in [0.3, 0.4) is 0 Å². The van der Waals surface area contributed by atoms with Crippen LogP contribution in [0.1, 0.15) is 44.1 Å². The Morgan fingerprint density at radius 3 is 2.52 bits per heavy atom. The fraction of sp³-hybridized carbons (Fsp3) is 0.722. The molecule has 2 heterocycles. The molecule has 0 radical (unpaired) electrons. The summed E-state index contributed by atoms with van der Waals surface area (Å²) in [6.07, 6.45) is 4.36. The molecule has 0 aromatic carbocycles. The average Bonchev–Trinajstić information content (AvgIpc) is 3.24. The molecule has 7 heteroatoms. The number of aromatic nitrogens is 1. The molecule has 1 aliphatic heterocycles. The zero-order valence-corrected chi connectivity index (χ0v) is 15.2. The van der Waals surface area contributed by atoms with Gasteiger partial charge in [-0.3, -0.25) is 14.5 Å². The summed E-state index contributed by atoms with van der Waals surface area (Å²) in [6, 6.07) is 1.59. The number of nitrogens with zero attached hydrogens (tertiary/aromatic N) is 3. The summed E-state index contributed by atoms with van der Waals surface area (Å²) in [4.78, 5) is 28.7. The Bertz CT molecular complexity index is 601. The highest BCUT2D eigenvalue weighted by atomic mass is 16.5. The molecule has 25 heavy (non-hydrogen) atoms. The van der Waals surface area contributed by atoms with Crippen molar-refractivity contribution < 1.29 is 14.1 Å². The van der Waals surface area contributed by atoms with E-state index in [1.807, 2.05) is 17.9 Å². The molecule has 1 aromatic heterocycles. The van der Waals surface area contributed by atoms with Crippen LogP contribution in [0.2, 0.25) is 0 Å². The summed E-state index contributed by atoms with van der Waals surface area (Å²) in [5.74, 6) is 1.10. The predicted molar refractivity (Wildman–Crippen MR) is 92.7 cm³/mol. The van der Waals surface area contributed by atoms with Crippen LogP contribution in [-0.4, -0.2) is 59.0 Å². The number of amides is 2. The van der Waals surface area contributed by atoms with Gasteiger partial charge in [-0.25, -0.2) is 0 Å². The Hall–Kier alpha value is -1.89. The first-order valence-corrected chi connectivity index (χ1v) is 9.23. The summed E-state index contributed by atoms with van der Waals surface area (Å²) >= 11 is 0. The van der Waals surface area contributed by atoms with Gasteiger partial charge >= 0.3 is 0 Å². The summed E-state index contributed by atoms with van der Waals surface area (Å²) in [7, 11) is 0. The first kappa shape index (κ1) is 17.9. The number of rotatable bonds is 5. The van der Waals surface area contributed by atoms with Crippen molar-refractivity contribution in [3.8, 4) is 0 Å². The topological polar surface area (TPSA) is 78.7 Å². The fourth-order valence-electron chi connectivity index (χ4n) is 3.93. The van der Waals surface area contributed by atoms with Gasteiger partial charge in [0.05, 0.1) is 12.2 Å². The summed E-state index contributed by atoms with van der Waals surface area (Å²) < 4.78 is 5.27. The number of nitrogens with one attached hydrogen (secondary N) is 1. The molecule has 2 fully saturated rings. The maximum atomic E-state index is 13.0. The average molecular weight is 348 g/mol. The van der Waals surface area contributed by atoms with Gasteiger partial charge in [-0.2, -0.15) is 0 Å². The van der Waals surface area contributed by atoms with Crippen LogP contribution in [0.25, 0.3) is 0 Å². The minimum absolute atomic E-state index is 0.0808. The molecule has 3 rings (SSSR count). The number of carbonyl (C=O) groups is 2. The van der Waals surface area contributed by atoms with Gasteiger partial charge in [0.25, 0.3) is 0 Å². The van der Waals surface area contributed by atoms with Gasteiger partial charge in [-0.1, -0.05) is 18.0 Å². The normalized spacial score (nSPS) is 20.6. The van der Waals surface area contributed by atoms with Crippen molar-refractivity contribution >= 4 is 11.8 Å². The van der Waals surface area contributed by atoms with Gasteiger partial charge in [0.1, 0.15) is 6.04 Å². The minimum Gasteiger partial charge on any atom is -0.360 e. The predicted octanol–water partition coefficient (Wildman–Crippen LogP) is 1.32. The molecule has 138 valence electrons. The Morgan fingerprint density at radius 1 is 1.28 bits per heavy atom. The smallest absolute Gasteiger partial charge is 0.245 e. The third-order valence-corrected chi connectivity index (χ3v) is 5.24. The van der Waals surface area contributed by atoms with Crippen LogP contribution >= 0.6 is 0 Å². The molecule has 0 spiro atoms. The molecular formula is C18H28N4O3. The van der Waals surface area contributed by atoms with Crippen LogP contribution in [0.5, 0.6) is 0 Å². The standard InChI is InChI=1S/C18H28N4O3/c1-13-11-16(25-20-13)12-21-7-9-22(10-8-21)18(24)17(19-14(2)23)15-5-3-4-6-15/h11,15,17H,3-10,12H2,1-2H3,(H,19,23)/t17-/m0/s1. The van der Waals surface area contributed by atoms with Crippen LogP contribution in [0.4, 0.5) is 0 Å². The lowest BCUT2D eigenvalue weighted by Crippen LogP contribution is -2.56. The Balaban J connectivity index is 1.54. The number of aryl methyl sites for hydroxylation is 1. The number of hydrogen-bond acceptors (Lipinski definition) is 5. The molecule has 0 bridgehead atoms. The van der Waals surface area contributed by atoms with E-state index in [9.17, 15) is 9.59 Å². The molecule has 1 aromatic rings. The fourth-order valence-corrected chi connectivity index (χ4v) is 3.93. The highest BCUT2D eigenvalue weighted by molar-refractivity contribution is 5.87. The highest BCUT2D eigenvalue weighted by Gasteiger charge is 2.35. The van der Waals surface area contributed by atoms with E-state index in [1.54, 1.807) is 0 Å². The zero-order chi connectivity index (χ0) is 17.8. The Morgan fingerprint density at radius 2 is 1.96 bits per heavy atom. The monoisotopic (exact) mass is 348 g/mol. The minimum atomic E-state index is -0.358. The van der Waals surface area contributed by atoms with E-state index in [1.165, 1.54) is 6.92 Å². The van der Waals surface area contributed by atoms with Crippen LogP contribution < -0.4 is 5.32 Å². The van der Waals surface area contributed by atoms with Crippen molar-refractivity contribution in [2.45, 2.75) is 52.1 Å². The Labute approximate surface area is 148 Å². The lowest BCUT2D eigenvalue weighted by atomic mass is 9.96.